The zero-order valence-corrected chi connectivity index (χ0v) is 10.0. The van der Waals surface area contributed by atoms with E-state index in [4.69, 9.17) is 9.84 Å². The predicted molar refractivity (Wildman–Crippen MR) is 62.6 cm³/mol. The fraction of sp³-hybridized carbons (Fsp3) is 0.538. The molecule has 0 aliphatic carbocycles. The van der Waals surface area contributed by atoms with Gasteiger partial charge in [0, 0.05) is 12.2 Å². The third-order valence-electron chi connectivity index (χ3n) is 2.65. The van der Waals surface area contributed by atoms with Gasteiger partial charge in [0.2, 0.25) is 0 Å². The lowest BCUT2D eigenvalue weighted by atomic mass is 9.92. The van der Waals surface area contributed by atoms with E-state index >= 15 is 0 Å². The molecule has 0 unspecified atom stereocenters. The Labute approximate surface area is 91.9 Å². The molecule has 0 aliphatic heterocycles. The summed E-state index contributed by atoms with van der Waals surface area (Å²) in [5.41, 5.74) is 3.57. The SMILES string of the molecule is COc1c(C)ccc(CCO)c1C(C)C. The third-order valence-corrected chi connectivity index (χ3v) is 2.65. The molecule has 0 saturated carbocycles. The molecular formula is C13H20O2. The van der Waals surface area contributed by atoms with Crippen molar-refractivity contribution in [2.45, 2.75) is 33.1 Å². The fourth-order valence-electron chi connectivity index (χ4n) is 1.99. The molecule has 0 spiro atoms. The van der Waals surface area contributed by atoms with Gasteiger partial charge in [-0.2, -0.15) is 0 Å². The number of methoxy groups -OCH3 is 1. The highest BCUT2D eigenvalue weighted by Gasteiger charge is 2.14. The Bertz CT molecular complexity index is 330. The van der Waals surface area contributed by atoms with Crippen LogP contribution in [0.5, 0.6) is 5.75 Å². The summed E-state index contributed by atoms with van der Waals surface area (Å²) in [5.74, 6) is 1.39. The van der Waals surface area contributed by atoms with Gasteiger partial charge in [0.25, 0.3) is 0 Å². The molecule has 1 rings (SSSR count). The van der Waals surface area contributed by atoms with Crippen molar-refractivity contribution in [2.24, 2.45) is 0 Å². The van der Waals surface area contributed by atoms with E-state index in [0.29, 0.717) is 12.3 Å². The number of aliphatic hydroxyl groups is 1. The number of benzene rings is 1. The molecule has 0 saturated heterocycles. The first-order valence-electron chi connectivity index (χ1n) is 5.39. The van der Waals surface area contributed by atoms with Crippen molar-refractivity contribution in [1.82, 2.24) is 0 Å². The summed E-state index contributed by atoms with van der Waals surface area (Å²) in [6.45, 7) is 6.54. The van der Waals surface area contributed by atoms with E-state index < -0.39 is 0 Å². The van der Waals surface area contributed by atoms with Crippen LogP contribution in [0.1, 0.15) is 36.5 Å². The van der Waals surface area contributed by atoms with Crippen LogP contribution >= 0.6 is 0 Å². The molecule has 0 amide bonds. The van der Waals surface area contributed by atoms with Crippen molar-refractivity contribution in [1.29, 1.82) is 0 Å². The van der Waals surface area contributed by atoms with Gasteiger partial charge in [-0.05, 0) is 30.4 Å². The van der Waals surface area contributed by atoms with Crippen LogP contribution in [0, 0.1) is 6.92 Å². The van der Waals surface area contributed by atoms with Gasteiger partial charge >= 0.3 is 0 Å². The Balaban J connectivity index is 3.28. The molecule has 0 aromatic heterocycles. The Morgan fingerprint density at radius 3 is 2.47 bits per heavy atom. The zero-order chi connectivity index (χ0) is 11.4. The quantitative estimate of drug-likeness (QED) is 0.824. The van der Waals surface area contributed by atoms with Gasteiger partial charge in [0.1, 0.15) is 5.75 Å². The van der Waals surface area contributed by atoms with Gasteiger partial charge in [-0.25, -0.2) is 0 Å². The summed E-state index contributed by atoms with van der Waals surface area (Å²) >= 11 is 0. The zero-order valence-electron chi connectivity index (χ0n) is 10.0. The van der Waals surface area contributed by atoms with Crippen LogP contribution in [0.25, 0.3) is 0 Å². The molecule has 1 N–H and O–H groups in total. The molecule has 0 radical (unpaired) electrons. The minimum Gasteiger partial charge on any atom is -0.496 e. The van der Waals surface area contributed by atoms with E-state index in [0.717, 1.165) is 11.3 Å². The minimum absolute atomic E-state index is 0.186. The first-order chi connectivity index (χ1) is 7.11. The van der Waals surface area contributed by atoms with Crippen LogP contribution < -0.4 is 4.74 Å². The van der Waals surface area contributed by atoms with Crippen LogP contribution in [-0.4, -0.2) is 18.8 Å². The topological polar surface area (TPSA) is 29.5 Å². The van der Waals surface area contributed by atoms with Crippen molar-refractivity contribution >= 4 is 0 Å². The smallest absolute Gasteiger partial charge is 0.125 e. The average molecular weight is 208 g/mol. The normalized spacial score (nSPS) is 10.8. The lowest BCUT2D eigenvalue weighted by molar-refractivity contribution is 0.298. The van der Waals surface area contributed by atoms with E-state index in [9.17, 15) is 0 Å². The second-order valence-electron chi connectivity index (χ2n) is 4.12. The van der Waals surface area contributed by atoms with E-state index in [1.54, 1.807) is 7.11 Å². The number of hydrogen-bond donors (Lipinski definition) is 1. The summed E-state index contributed by atoms with van der Waals surface area (Å²) in [5, 5.41) is 9.02. The minimum atomic E-state index is 0.186. The van der Waals surface area contributed by atoms with Crippen molar-refractivity contribution < 1.29 is 9.84 Å². The summed E-state index contributed by atoms with van der Waals surface area (Å²) in [6, 6.07) is 4.14. The van der Waals surface area contributed by atoms with Gasteiger partial charge in [-0.15, -0.1) is 0 Å². The van der Waals surface area contributed by atoms with Gasteiger partial charge in [0.15, 0.2) is 0 Å². The summed E-state index contributed by atoms with van der Waals surface area (Å²) in [6.07, 6.45) is 0.699. The number of rotatable bonds is 4. The molecule has 0 bridgehead atoms. The molecular weight excluding hydrogens is 188 g/mol. The van der Waals surface area contributed by atoms with E-state index in [1.807, 2.05) is 6.92 Å². The van der Waals surface area contributed by atoms with Crippen LogP contribution in [0.4, 0.5) is 0 Å². The Hall–Kier alpha value is -1.02. The largest absolute Gasteiger partial charge is 0.496 e. The lowest BCUT2D eigenvalue weighted by Crippen LogP contribution is -2.04. The molecule has 2 heteroatoms. The maximum absolute atomic E-state index is 9.02. The summed E-state index contributed by atoms with van der Waals surface area (Å²) in [7, 11) is 1.71. The van der Waals surface area contributed by atoms with Gasteiger partial charge in [0.05, 0.1) is 7.11 Å². The fourth-order valence-corrected chi connectivity index (χ4v) is 1.99. The maximum Gasteiger partial charge on any atom is 0.125 e. The summed E-state index contributed by atoms with van der Waals surface area (Å²) < 4.78 is 5.44. The van der Waals surface area contributed by atoms with Crippen molar-refractivity contribution in [3.8, 4) is 5.75 Å². The van der Waals surface area contributed by atoms with E-state index in [-0.39, 0.29) is 6.61 Å². The van der Waals surface area contributed by atoms with Crippen molar-refractivity contribution in [3.63, 3.8) is 0 Å². The molecule has 0 fully saturated rings. The monoisotopic (exact) mass is 208 g/mol. The Morgan fingerprint density at radius 1 is 1.33 bits per heavy atom. The standard InChI is InChI=1S/C13H20O2/c1-9(2)12-11(7-8-14)6-5-10(3)13(12)15-4/h5-6,9,14H,7-8H2,1-4H3. The lowest BCUT2D eigenvalue weighted by Gasteiger charge is -2.18. The van der Waals surface area contributed by atoms with Gasteiger partial charge in [-0.1, -0.05) is 26.0 Å². The van der Waals surface area contributed by atoms with Crippen LogP contribution in [0.15, 0.2) is 12.1 Å². The molecule has 1 aromatic rings. The number of hydrogen-bond acceptors (Lipinski definition) is 2. The van der Waals surface area contributed by atoms with Crippen molar-refractivity contribution in [3.05, 3.63) is 28.8 Å². The number of ether oxygens (including phenoxy) is 1. The van der Waals surface area contributed by atoms with Crippen molar-refractivity contribution in [2.75, 3.05) is 13.7 Å². The highest BCUT2D eigenvalue weighted by atomic mass is 16.5. The Morgan fingerprint density at radius 2 is 2.00 bits per heavy atom. The molecule has 0 heterocycles. The molecule has 0 aliphatic rings. The highest BCUT2D eigenvalue weighted by molar-refractivity contribution is 5.47. The predicted octanol–water partition coefficient (Wildman–Crippen LogP) is 2.66. The molecule has 2 nitrogen and oxygen atoms in total. The highest BCUT2D eigenvalue weighted by Crippen LogP contribution is 2.33. The number of aliphatic hydroxyl groups excluding tert-OH is 1. The molecule has 0 atom stereocenters. The first-order valence-corrected chi connectivity index (χ1v) is 5.39. The first kappa shape index (κ1) is 12.1. The Kier molecular flexibility index (Phi) is 4.15. The van der Waals surface area contributed by atoms with Gasteiger partial charge < -0.3 is 9.84 Å². The van der Waals surface area contributed by atoms with E-state index in [2.05, 4.69) is 26.0 Å². The maximum atomic E-state index is 9.02. The van der Waals surface area contributed by atoms with Crippen LogP contribution in [0.2, 0.25) is 0 Å². The second-order valence-corrected chi connectivity index (χ2v) is 4.12. The molecule has 84 valence electrons. The van der Waals surface area contributed by atoms with Gasteiger partial charge in [-0.3, -0.25) is 0 Å². The third kappa shape index (κ3) is 2.51. The average Bonchev–Trinajstić information content (AvgIpc) is 2.20. The molecule has 15 heavy (non-hydrogen) atoms. The summed E-state index contributed by atoms with van der Waals surface area (Å²) in [4.78, 5) is 0. The number of aryl methyl sites for hydroxylation is 1. The van der Waals surface area contributed by atoms with Crippen LogP contribution in [0.3, 0.4) is 0 Å². The van der Waals surface area contributed by atoms with E-state index in [1.165, 1.54) is 11.1 Å². The molecule has 1 aromatic carbocycles. The van der Waals surface area contributed by atoms with Crippen LogP contribution in [-0.2, 0) is 6.42 Å². The second kappa shape index (κ2) is 5.17.